The molecule has 4 aliphatic rings. The van der Waals surface area contributed by atoms with Crippen molar-refractivity contribution in [2.45, 2.75) is 40.5 Å². The molecule has 82 valence electrons. The molecule has 4 rings (SSSR count). The smallest absolute Gasteiger partial charge is 0.000343 e. The molecule has 0 amide bonds. The van der Waals surface area contributed by atoms with Crippen LogP contribution in [0.2, 0.25) is 0 Å². The molecule has 0 aliphatic heterocycles. The van der Waals surface area contributed by atoms with Crippen LogP contribution in [0.4, 0.5) is 0 Å². The fourth-order valence-electron chi connectivity index (χ4n) is 6.72. The third-order valence-corrected chi connectivity index (χ3v) is 7.08. The normalized spacial score (nSPS) is 66.9. The van der Waals surface area contributed by atoms with E-state index in [0.717, 1.165) is 23.7 Å². The van der Waals surface area contributed by atoms with E-state index in [4.69, 9.17) is 0 Å². The van der Waals surface area contributed by atoms with Gasteiger partial charge in [0.1, 0.15) is 0 Å². The zero-order chi connectivity index (χ0) is 10.6. The first-order valence-corrected chi connectivity index (χ1v) is 6.66. The molecule has 0 nitrogen and oxygen atoms in total. The number of hydrogen-bond donors (Lipinski definition) is 0. The summed E-state index contributed by atoms with van der Waals surface area (Å²) in [5, 5.41) is 0. The fraction of sp³-hybridized carbons (Fsp3) is 0.867. The Morgan fingerprint density at radius 2 is 1.87 bits per heavy atom. The maximum absolute atomic E-state index is 2.64. The van der Waals surface area contributed by atoms with Crippen molar-refractivity contribution in [3.05, 3.63) is 12.2 Å². The molecule has 0 radical (unpaired) electrons. The van der Waals surface area contributed by atoms with Crippen molar-refractivity contribution in [2.24, 2.45) is 39.9 Å². The van der Waals surface area contributed by atoms with Gasteiger partial charge in [-0.3, -0.25) is 0 Å². The Morgan fingerprint density at radius 1 is 1.13 bits per heavy atom. The molecule has 3 unspecified atom stereocenters. The van der Waals surface area contributed by atoms with E-state index < -0.39 is 0 Å². The second-order valence-electron chi connectivity index (χ2n) is 7.43. The zero-order valence-electron chi connectivity index (χ0n) is 10.4. The summed E-state index contributed by atoms with van der Waals surface area (Å²) in [5.74, 6) is 3.84. The summed E-state index contributed by atoms with van der Waals surface area (Å²) in [6.07, 6.45) is 8.17. The van der Waals surface area contributed by atoms with Crippen LogP contribution in [0.3, 0.4) is 0 Å². The maximum atomic E-state index is 2.64. The molecule has 4 aliphatic carbocycles. The average Bonchev–Trinajstić information content (AvgIpc) is 2.44. The van der Waals surface area contributed by atoms with Crippen molar-refractivity contribution >= 4 is 0 Å². The number of rotatable bonds is 0. The lowest BCUT2D eigenvalue weighted by atomic mass is 9.63. The molecular weight excluding hydrogens is 180 g/mol. The topological polar surface area (TPSA) is 0 Å². The first kappa shape index (κ1) is 8.84. The van der Waals surface area contributed by atoms with Crippen molar-refractivity contribution in [3.63, 3.8) is 0 Å². The van der Waals surface area contributed by atoms with Crippen molar-refractivity contribution in [1.82, 2.24) is 0 Å². The van der Waals surface area contributed by atoms with Gasteiger partial charge in [0.15, 0.2) is 0 Å². The first-order chi connectivity index (χ1) is 6.97. The molecule has 0 bridgehead atoms. The van der Waals surface area contributed by atoms with E-state index in [1.165, 1.54) is 12.8 Å². The minimum absolute atomic E-state index is 0.603. The van der Waals surface area contributed by atoms with Crippen LogP contribution in [0.1, 0.15) is 40.5 Å². The van der Waals surface area contributed by atoms with E-state index in [-0.39, 0.29) is 0 Å². The quantitative estimate of drug-likeness (QED) is 0.523. The van der Waals surface area contributed by atoms with E-state index in [1.54, 1.807) is 0 Å². The SMILES string of the molecule is C[C@@H]1CC[C@H]2C(C)(C)C3C4C=CC12[C@@]43C. The molecule has 15 heavy (non-hydrogen) atoms. The molecule has 0 N–H and O–H groups in total. The lowest BCUT2D eigenvalue weighted by Crippen LogP contribution is -2.36. The van der Waals surface area contributed by atoms with E-state index in [2.05, 4.69) is 39.8 Å². The number of allylic oxidation sites excluding steroid dienone is 2. The van der Waals surface area contributed by atoms with Crippen LogP contribution in [-0.4, -0.2) is 0 Å². The molecule has 0 aromatic carbocycles. The van der Waals surface area contributed by atoms with Crippen molar-refractivity contribution in [2.75, 3.05) is 0 Å². The maximum Gasteiger partial charge on any atom is 0.000343 e. The predicted octanol–water partition coefficient (Wildman–Crippen LogP) is 3.88. The Hall–Kier alpha value is -0.260. The largest absolute Gasteiger partial charge is 0.0839 e. The first-order valence-electron chi connectivity index (χ1n) is 6.66. The lowest BCUT2D eigenvalue weighted by molar-refractivity contribution is 0.0990. The van der Waals surface area contributed by atoms with Gasteiger partial charge in [0, 0.05) is 5.41 Å². The van der Waals surface area contributed by atoms with Crippen molar-refractivity contribution in [1.29, 1.82) is 0 Å². The molecule has 0 saturated heterocycles. The van der Waals surface area contributed by atoms with E-state index in [9.17, 15) is 0 Å². The molecule has 3 fully saturated rings. The number of hydrogen-bond acceptors (Lipinski definition) is 0. The van der Waals surface area contributed by atoms with Gasteiger partial charge in [0.05, 0.1) is 0 Å². The van der Waals surface area contributed by atoms with Gasteiger partial charge in [-0.15, -0.1) is 0 Å². The van der Waals surface area contributed by atoms with Gasteiger partial charge in [0.2, 0.25) is 0 Å². The number of fused-ring (bicyclic) bond motifs is 1. The Balaban J connectivity index is 1.98. The van der Waals surface area contributed by atoms with Crippen LogP contribution in [0.5, 0.6) is 0 Å². The summed E-state index contributed by atoms with van der Waals surface area (Å²) >= 11 is 0. The Labute approximate surface area is 93.1 Å². The predicted molar refractivity (Wildman–Crippen MR) is 62.3 cm³/mol. The highest BCUT2D eigenvalue weighted by Crippen LogP contribution is 2.90. The van der Waals surface area contributed by atoms with Crippen LogP contribution >= 0.6 is 0 Å². The Bertz CT molecular complexity index is 377. The summed E-state index contributed by atoms with van der Waals surface area (Å²) in [5.41, 5.74) is 1.87. The monoisotopic (exact) mass is 202 g/mol. The highest BCUT2D eigenvalue weighted by atomic mass is 14.9. The van der Waals surface area contributed by atoms with Crippen LogP contribution in [0.15, 0.2) is 12.2 Å². The van der Waals surface area contributed by atoms with E-state index in [1.807, 2.05) is 0 Å². The van der Waals surface area contributed by atoms with Gasteiger partial charge in [0.25, 0.3) is 0 Å². The van der Waals surface area contributed by atoms with Gasteiger partial charge in [-0.25, -0.2) is 0 Å². The van der Waals surface area contributed by atoms with E-state index in [0.29, 0.717) is 16.2 Å². The molecule has 1 spiro atoms. The Kier molecular flexibility index (Phi) is 1.15. The molecule has 0 aromatic rings. The van der Waals surface area contributed by atoms with Crippen LogP contribution < -0.4 is 0 Å². The van der Waals surface area contributed by atoms with E-state index >= 15 is 0 Å². The third-order valence-electron chi connectivity index (χ3n) is 7.08. The van der Waals surface area contributed by atoms with Crippen LogP contribution in [0, 0.1) is 39.9 Å². The second kappa shape index (κ2) is 1.96. The minimum atomic E-state index is 0.603. The average molecular weight is 202 g/mol. The lowest BCUT2D eigenvalue weighted by Gasteiger charge is -2.40. The minimum Gasteiger partial charge on any atom is -0.0839 e. The summed E-state index contributed by atoms with van der Waals surface area (Å²) in [6.45, 7) is 10.2. The molecule has 6 atom stereocenters. The summed E-state index contributed by atoms with van der Waals surface area (Å²) in [4.78, 5) is 0. The second-order valence-corrected chi connectivity index (χ2v) is 7.43. The van der Waals surface area contributed by atoms with Gasteiger partial charge in [-0.1, -0.05) is 39.8 Å². The summed E-state index contributed by atoms with van der Waals surface area (Å²) < 4.78 is 0. The van der Waals surface area contributed by atoms with Crippen LogP contribution in [-0.2, 0) is 0 Å². The zero-order valence-corrected chi connectivity index (χ0v) is 10.4. The fourth-order valence-corrected chi connectivity index (χ4v) is 6.72. The highest BCUT2D eigenvalue weighted by molar-refractivity contribution is 5.43. The van der Waals surface area contributed by atoms with Gasteiger partial charge >= 0.3 is 0 Å². The summed E-state index contributed by atoms with van der Waals surface area (Å²) in [7, 11) is 0. The summed E-state index contributed by atoms with van der Waals surface area (Å²) in [6, 6.07) is 0. The molecule has 3 saturated carbocycles. The van der Waals surface area contributed by atoms with Crippen molar-refractivity contribution in [3.8, 4) is 0 Å². The van der Waals surface area contributed by atoms with Crippen molar-refractivity contribution < 1.29 is 0 Å². The van der Waals surface area contributed by atoms with Gasteiger partial charge in [-0.05, 0) is 47.3 Å². The van der Waals surface area contributed by atoms with Gasteiger partial charge in [-0.2, -0.15) is 0 Å². The molecule has 0 heterocycles. The molecule has 0 heteroatoms. The standard InChI is InChI=1S/C15H22/c1-9-5-6-11-13(2,3)12-10-7-8-15(9,11)14(10,12)4/h7-12H,5-6H2,1-4H3/t9-,10?,11+,12?,14+,15?/m1/s1. The van der Waals surface area contributed by atoms with Crippen LogP contribution in [0.25, 0.3) is 0 Å². The third kappa shape index (κ3) is 0.568. The Morgan fingerprint density at radius 3 is 2.60 bits per heavy atom. The van der Waals surface area contributed by atoms with Gasteiger partial charge < -0.3 is 0 Å². The molecular formula is C15H22. The molecule has 0 aromatic heterocycles. The highest BCUT2D eigenvalue weighted by Gasteiger charge is 2.85.